The van der Waals surface area contributed by atoms with Crippen molar-refractivity contribution in [1.29, 1.82) is 0 Å². The van der Waals surface area contributed by atoms with Crippen LogP contribution in [0.5, 0.6) is 0 Å². The van der Waals surface area contributed by atoms with Crippen LogP contribution in [0.4, 0.5) is 0 Å². The van der Waals surface area contributed by atoms with Crippen LogP contribution < -0.4 is 32.7 Å². The first kappa shape index (κ1) is 44.3. The van der Waals surface area contributed by atoms with Crippen LogP contribution in [0.2, 0.25) is 0 Å². The van der Waals surface area contributed by atoms with Gasteiger partial charge in [-0.2, -0.15) is 0 Å². The van der Waals surface area contributed by atoms with E-state index in [4.69, 9.17) is 11.5 Å². The molecule has 2 aromatic carbocycles. The van der Waals surface area contributed by atoms with Crippen LogP contribution in [-0.4, -0.2) is 88.3 Å². The van der Waals surface area contributed by atoms with E-state index >= 15 is 0 Å². The molecular formula is C39H59N7O7. The predicted octanol–water partition coefficient (Wildman–Crippen LogP) is 0.995. The number of hydrogen-bond acceptors (Lipinski definition) is 8. The van der Waals surface area contributed by atoms with Gasteiger partial charge in [0.15, 0.2) is 6.10 Å². The topological polar surface area (TPSA) is 226 Å². The molecule has 0 bridgehead atoms. The maximum atomic E-state index is 14.2. The second kappa shape index (κ2) is 21.0. The lowest BCUT2D eigenvalue weighted by molar-refractivity contribution is -0.146. The van der Waals surface area contributed by atoms with Crippen molar-refractivity contribution in [3.8, 4) is 0 Å². The lowest BCUT2D eigenvalue weighted by Crippen LogP contribution is -2.60. The van der Waals surface area contributed by atoms with Crippen molar-refractivity contribution in [3.05, 3.63) is 71.8 Å². The number of nitrogens with two attached hydrogens (primary N) is 2. The van der Waals surface area contributed by atoms with Gasteiger partial charge in [0.1, 0.15) is 18.1 Å². The van der Waals surface area contributed by atoms with Crippen molar-refractivity contribution in [2.45, 2.75) is 105 Å². The van der Waals surface area contributed by atoms with Gasteiger partial charge >= 0.3 is 0 Å². The van der Waals surface area contributed by atoms with E-state index in [0.29, 0.717) is 11.1 Å². The van der Waals surface area contributed by atoms with E-state index in [9.17, 15) is 33.9 Å². The Morgan fingerprint density at radius 3 is 1.55 bits per heavy atom. The van der Waals surface area contributed by atoms with Crippen LogP contribution in [0.25, 0.3) is 0 Å². The molecule has 0 aromatic heterocycles. The van der Waals surface area contributed by atoms with Crippen LogP contribution in [-0.2, 0) is 41.7 Å². The molecule has 0 heterocycles. The Morgan fingerprint density at radius 1 is 0.623 bits per heavy atom. The Kier molecular flexibility index (Phi) is 17.6. The van der Waals surface area contributed by atoms with Crippen molar-refractivity contribution in [3.63, 3.8) is 0 Å². The van der Waals surface area contributed by atoms with Gasteiger partial charge in [0.05, 0.1) is 18.6 Å². The Bertz CT molecular complexity index is 1520. The number of nitrogens with one attached hydrogen (secondary N) is 4. The molecule has 0 aliphatic rings. The molecule has 0 saturated carbocycles. The summed E-state index contributed by atoms with van der Waals surface area (Å²) < 4.78 is 0. The second-order valence-electron chi connectivity index (χ2n) is 14.9. The van der Waals surface area contributed by atoms with E-state index in [1.807, 2.05) is 6.07 Å². The SMILES string of the molecule is CC(C)[C@H](N)C(=O)N[C@H](C(=O)N[C@@H](Cc1ccccc1)[C@@H](O)C(=O)N(CC(=O)N[C@H](C(=O)N[C@H](C(N)=O)C(C)C)C(C)C)Cc1ccccc1)C(C)C. The molecule has 9 N–H and O–H groups in total. The number of carbonyl (C=O) groups is 6. The van der Waals surface area contributed by atoms with E-state index in [-0.39, 0.29) is 30.7 Å². The number of carbonyl (C=O) groups excluding carboxylic acids is 6. The molecule has 2 rings (SSSR count). The van der Waals surface area contributed by atoms with Gasteiger partial charge in [-0.3, -0.25) is 28.8 Å². The minimum absolute atomic E-state index is 0.0433. The number of aliphatic hydroxyl groups excluding tert-OH is 1. The van der Waals surface area contributed by atoms with Crippen molar-refractivity contribution < 1.29 is 33.9 Å². The summed E-state index contributed by atoms with van der Waals surface area (Å²) in [6.07, 6.45) is -1.79. The number of amides is 6. The molecule has 0 fully saturated rings. The molecule has 14 heteroatoms. The van der Waals surface area contributed by atoms with Gasteiger partial charge < -0.3 is 42.7 Å². The molecule has 0 radical (unpaired) electrons. The summed E-state index contributed by atoms with van der Waals surface area (Å²) in [7, 11) is 0. The van der Waals surface area contributed by atoms with Gasteiger partial charge in [-0.15, -0.1) is 0 Å². The second-order valence-corrected chi connectivity index (χ2v) is 14.9. The largest absolute Gasteiger partial charge is 0.381 e. The van der Waals surface area contributed by atoms with Crippen LogP contribution in [0.3, 0.4) is 0 Å². The smallest absolute Gasteiger partial charge is 0.254 e. The minimum Gasteiger partial charge on any atom is -0.381 e. The van der Waals surface area contributed by atoms with E-state index in [2.05, 4.69) is 21.3 Å². The highest BCUT2D eigenvalue weighted by atomic mass is 16.3. The average molecular weight is 738 g/mol. The van der Waals surface area contributed by atoms with E-state index in [1.165, 1.54) is 0 Å². The summed E-state index contributed by atoms with van der Waals surface area (Å²) in [4.78, 5) is 80.7. The Hall–Kier alpha value is -4.82. The fourth-order valence-corrected chi connectivity index (χ4v) is 5.58. The average Bonchev–Trinajstić information content (AvgIpc) is 3.10. The number of primary amides is 1. The molecule has 53 heavy (non-hydrogen) atoms. The van der Waals surface area contributed by atoms with Crippen LogP contribution in [0, 0.1) is 23.7 Å². The standard InChI is InChI=1S/C39H59N7O7/c1-22(2)30(40)36(50)45-33(25(7)8)37(51)42-28(19-26-15-11-9-12-16-26)34(48)39(53)46(20-27-17-13-10-14-18-27)21-29(47)43-32(24(5)6)38(52)44-31(23(3)4)35(41)49/h9-18,22-25,28,30-34,48H,19-21,40H2,1-8H3,(H2,41,49)(H,42,51)(H,43,47)(H,44,52)(H,45,50)/t28-,30-,31-,32-,33-,34+/m0/s1. The summed E-state index contributed by atoms with van der Waals surface area (Å²) in [5, 5.41) is 22.5. The first-order valence-electron chi connectivity index (χ1n) is 18.1. The zero-order valence-electron chi connectivity index (χ0n) is 32.2. The van der Waals surface area contributed by atoms with Gasteiger partial charge in [0, 0.05) is 6.54 Å². The van der Waals surface area contributed by atoms with Crippen molar-refractivity contribution in [2.75, 3.05) is 6.54 Å². The number of rotatable bonds is 20. The van der Waals surface area contributed by atoms with Crippen LogP contribution in [0.15, 0.2) is 60.7 Å². The molecule has 292 valence electrons. The van der Waals surface area contributed by atoms with Gasteiger partial charge in [0.2, 0.25) is 29.5 Å². The Morgan fingerprint density at radius 2 is 1.08 bits per heavy atom. The van der Waals surface area contributed by atoms with Gasteiger partial charge in [-0.05, 0) is 41.2 Å². The lowest BCUT2D eigenvalue weighted by atomic mass is 9.97. The molecular weight excluding hydrogens is 678 g/mol. The highest BCUT2D eigenvalue weighted by Gasteiger charge is 2.36. The van der Waals surface area contributed by atoms with Crippen molar-refractivity contribution in [2.24, 2.45) is 35.1 Å². The third kappa shape index (κ3) is 13.9. The molecule has 0 unspecified atom stereocenters. The molecule has 0 aliphatic heterocycles. The quantitative estimate of drug-likeness (QED) is 0.104. The summed E-state index contributed by atoms with van der Waals surface area (Å²) >= 11 is 0. The highest BCUT2D eigenvalue weighted by Crippen LogP contribution is 2.14. The first-order valence-corrected chi connectivity index (χ1v) is 18.1. The van der Waals surface area contributed by atoms with Gasteiger partial charge in [0.25, 0.3) is 5.91 Å². The lowest BCUT2D eigenvalue weighted by Gasteiger charge is -2.32. The molecule has 6 atom stereocenters. The van der Waals surface area contributed by atoms with Crippen molar-refractivity contribution in [1.82, 2.24) is 26.2 Å². The summed E-state index contributed by atoms with van der Waals surface area (Å²) in [6, 6.07) is 12.7. The monoisotopic (exact) mass is 737 g/mol. The summed E-state index contributed by atoms with van der Waals surface area (Å²) in [5.41, 5.74) is 12.9. The molecule has 0 aliphatic carbocycles. The third-order valence-electron chi connectivity index (χ3n) is 8.93. The Balaban J connectivity index is 2.43. The number of hydrogen-bond donors (Lipinski definition) is 7. The summed E-state index contributed by atoms with van der Waals surface area (Å²) in [6.45, 7) is 13.3. The number of benzene rings is 2. The van der Waals surface area contributed by atoms with E-state index in [1.54, 1.807) is 110 Å². The molecule has 0 spiro atoms. The maximum Gasteiger partial charge on any atom is 0.254 e. The fourth-order valence-electron chi connectivity index (χ4n) is 5.58. The molecule has 14 nitrogen and oxygen atoms in total. The zero-order chi connectivity index (χ0) is 40.0. The zero-order valence-corrected chi connectivity index (χ0v) is 32.2. The minimum atomic E-state index is -1.83. The van der Waals surface area contributed by atoms with Gasteiger partial charge in [-0.25, -0.2) is 0 Å². The third-order valence-corrected chi connectivity index (χ3v) is 8.93. The molecule has 2 aromatic rings. The molecule has 0 saturated heterocycles. The van der Waals surface area contributed by atoms with Crippen LogP contribution >= 0.6 is 0 Å². The van der Waals surface area contributed by atoms with E-state index in [0.717, 1.165) is 4.90 Å². The number of aliphatic hydroxyl groups is 1. The highest BCUT2D eigenvalue weighted by molar-refractivity contribution is 5.94. The molecule has 6 amide bonds. The van der Waals surface area contributed by atoms with E-state index < -0.39 is 84.2 Å². The summed E-state index contributed by atoms with van der Waals surface area (Å²) in [5.74, 6) is -5.24. The normalized spacial score (nSPS) is 14.8. The number of nitrogens with zero attached hydrogens (tertiary/aromatic N) is 1. The Labute approximate surface area is 313 Å². The first-order chi connectivity index (χ1) is 24.8. The van der Waals surface area contributed by atoms with Gasteiger partial charge in [-0.1, -0.05) is 116 Å². The predicted molar refractivity (Wildman–Crippen MR) is 202 cm³/mol. The fraction of sp³-hybridized carbons (Fsp3) is 0.538. The van der Waals surface area contributed by atoms with Crippen molar-refractivity contribution >= 4 is 35.4 Å². The van der Waals surface area contributed by atoms with Crippen LogP contribution in [0.1, 0.15) is 66.5 Å². The maximum absolute atomic E-state index is 14.2.